The predicted octanol–water partition coefficient (Wildman–Crippen LogP) is 3.26. The van der Waals surface area contributed by atoms with Crippen LogP contribution in [0.3, 0.4) is 0 Å². The van der Waals surface area contributed by atoms with Crippen molar-refractivity contribution in [2.75, 3.05) is 11.9 Å². The number of rotatable bonds is 3. The van der Waals surface area contributed by atoms with Crippen molar-refractivity contribution in [2.24, 2.45) is 0 Å². The average Bonchev–Trinajstić information content (AvgIpc) is 2.30. The van der Waals surface area contributed by atoms with Crippen LogP contribution in [0, 0.1) is 6.92 Å². The first-order valence-corrected chi connectivity index (χ1v) is 6.39. The van der Waals surface area contributed by atoms with Crippen molar-refractivity contribution in [1.29, 1.82) is 0 Å². The molecule has 1 fully saturated rings. The van der Waals surface area contributed by atoms with Crippen molar-refractivity contribution in [1.82, 2.24) is 9.97 Å². The third-order valence-corrected chi connectivity index (χ3v) is 3.20. The molecule has 1 aromatic rings. The Bertz CT molecular complexity index is 343. The molecule has 88 valence electrons. The van der Waals surface area contributed by atoms with Gasteiger partial charge >= 0.3 is 0 Å². The number of aromatic nitrogens is 2. The van der Waals surface area contributed by atoms with E-state index in [-0.39, 0.29) is 0 Å². The van der Waals surface area contributed by atoms with Gasteiger partial charge in [-0.15, -0.1) is 0 Å². The van der Waals surface area contributed by atoms with Crippen LogP contribution < -0.4 is 5.32 Å². The van der Waals surface area contributed by atoms with Gasteiger partial charge < -0.3 is 5.32 Å². The molecule has 3 nitrogen and oxygen atoms in total. The van der Waals surface area contributed by atoms with E-state index in [4.69, 9.17) is 0 Å². The molecule has 0 radical (unpaired) electrons. The largest absolute Gasteiger partial charge is 0.370 e. The van der Waals surface area contributed by atoms with E-state index in [1.165, 1.54) is 32.1 Å². The number of hydrogen-bond donors (Lipinski definition) is 1. The third-order valence-electron chi connectivity index (χ3n) is 3.20. The van der Waals surface area contributed by atoms with E-state index in [9.17, 15) is 0 Å². The van der Waals surface area contributed by atoms with Crippen LogP contribution in [0.15, 0.2) is 6.07 Å². The normalized spacial score (nSPS) is 17.4. The summed E-state index contributed by atoms with van der Waals surface area (Å²) in [7, 11) is 0. The highest BCUT2D eigenvalue weighted by Crippen LogP contribution is 2.31. The minimum Gasteiger partial charge on any atom is -0.370 e. The van der Waals surface area contributed by atoms with E-state index in [0.717, 1.165) is 23.9 Å². The Morgan fingerprint density at radius 2 is 2.00 bits per heavy atom. The van der Waals surface area contributed by atoms with Gasteiger partial charge in [0.2, 0.25) is 0 Å². The van der Waals surface area contributed by atoms with Crippen LogP contribution in [-0.4, -0.2) is 16.5 Å². The summed E-state index contributed by atoms with van der Waals surface area (Å²) in [5.74, 6) is 2.62. The van der Waals surface area contributed by atoms with Crippen molar-refractivity contribution < 1.29 is 0 Å². The summed E-state index contributed by atoms with van der Waals surface area (Å²) in [5, 5.41) is 3.28. The topological polar surface area (TPSA) is 37.8 Å². The fourth-order valence-corrected chi connectivity index (χ4v) is 2.41. The van der Waals surface area contributed by atoms with Crippen molar-refractivity contribution in [3.05, 3.63) is 17.6 Å². The summed E-state index contributed by atoms with van der Waals surface area (Å²) in [6.45, 7) is 5.06. The van der Waals surface area contributed by atoms with Crippen LogP contribution in [-0.2, 0) is 0 Å². The maximum Gasteiger partial charge on any atom is 0.134 e. The van der Waals surface area contributed by atoms with Crippen molar-refractivity contribution in [3.8, 4) is 0 Å². The number of anilines is 1. The maximum atomic E-state index is 4.62. The Morgan fingerprint density at radius 3 is 2.69 bits per heavy atom. The molecule has 0 aliphatic heterocycles. The number of nitrogens with zero attached hydrogens (tertiary/aromatic N) is 2. The molecule has 1 aromatic heterocycles. The molecule has 1 saturated carbocycles. The molecule has 3 heteroatoms. The second-order valence-corrected chi connectivity index (χ2v) is 4.62. The van der Waals surface area contributed by atoms with Crippen LogP contribution in [0.25, 0.3) is 0 Å². The molecule has 0 saturated heterocycles. The van der Waals surface area contributed by atoms with E-state index in [1.54, 1.807) is 0 Å². The van der Waals surface area contributed by atoms with E-state index in [0.29, 0.717) is 5.92 Å². The Balaban J connectivity index is 2.18. The Hall–Kier alpha value is -1.12. The van der Waals surface area contributed by atoms with E-state index in [2.05, 4.69) is 29.1 Å². The molecule has 2 rings (SSSR count). The lowest BCUT2D eigenvalue weighted by molar-refractivity contribution is 0.428. The highest BCUT2D eigenvalue weighted by atomic mass is 15.0. The molecule has 0 bridgehead atoms. The summed E-state index contributed by atoms with van der Waals surface area (Å²) in [6, 6.07) is 2.02. The van der Waals surface area contributed by atoms with Gasteiger partial charge in [0, 0.05) is 24.2 Å². The molecule has 1 aliphatic carbocycles. The van der Waals surface area contributed by atoms with Crippen LogP contribution in [0.4, 0.5) is 5.82 Å². The van der Waals surface area contributed by atoms with Gasteiger partial charge in [-0.05, 0) is 26.7 Å². The van der Waals surface area contributed by atoms with Crippen molar-refractivity contribution in [2.45, 2.75) is 51.9 Å². The molecular weight excluding hydrogens is 198 g/mol. The van der Waals surface area contributed by atoms with E-state index < -0.39 is 0 Å². The predicted molar refractivity (Wildman–Crippen MR) is 66.8 cm³/mol. The summed E-state index contributed by atoms with van der Waals surface area (Å²) in [5.41, 5.74) is 1.08. The lowest BCUT2D eigenvalue weighted by atomic mass is 9.88. The van der Waals surface area contributed by atoms with Gasteiger partial charge in [-0.1, -0.05) is 19.3 Å². The highest BCUT2D eigenvalue weighted by Gasteiger charge is 2.18. The standard InChI is InChI=1S/C13H21N3/c1-3-14-12-9-10(2)15-13(16-12)11-7-5-4-6-8-11/h9,11H,3-8H2,1-2H3,(H,14,15,16). The Morgan fingerprint density at radius 1 is 1.25 bits per heavy atom. The first kappa shape index (κ1) is 11.4. The highest BCUT2D eigenvalue weighted by molar-refractivity contribution is 5.36. The molecule has 1 aliphatic rings. The van der Waals surface area contributed by atoms with Crippen molar-refractivity contribution in [3.63, 3.8) is 0 Å². The van der Waals surface area contributed by atoms with Crippen LogP contribution >= 0.6 is 0 Å². The third kappa shape index (κ3) is 2.71. The van der Waals surface area contributed by atoms with Crippen LogP contribution in [0.5, 0.6) is 0 Å². The zero-order chi connectivity index (χ0) is 11.4. The quantitative estimate of drug-likeness (QED) is 0.848. The molecule has 1 N–H and O–H groups in total. The second kappa shape index (κ2) is 5.28. The summed E-state index contributed by atoms with van der Waals surface area (Å²) in [4.78, 5) is 9.21. The van der Waals surface area contributed by atoms with Gasteiger partial charge in [-0.3, -0.25) is 0 Å². The van der Waals surface area contributed by atoms with Gasteiger partial charge in [0.25, 0.3) is 0 Å². The van der Waals surface area contributed by atoms with E-state index in [1.807, 2.05) is 6.07 Å². The maximum absolute atomic E-state index is 4.62. The summed E-state index contributed by atoms with van der Waals surface area (Å²) >= 11 is 0. The number of aryl methyl sites for hydroxylation is 1. The van der Waals surface area contributed by atoms with Gasteiger partial charge in [-0.25, -0.2) is 9.97 Å². The SMILES string of the molecule is CCNc1cc(C)nc(C2CCCCC2)n1. The Labute approximate surface area is 97.7 Å². The number of nitrogens with one attached hydrogen (secondary N) is 1. The minimum atomic E-state index is 0.589. The first-order valence-electron chi connectivity index (χ1n) is 6.39. The van der Waals surface area contributed by atoms with Crippen molar-refractivity contribution >= 4 is 5.82 Å². The van der Waals surface area contributed by atoms with Gasteiger partial charge in [0.15, 0.2) is 0 Å². The molecular formula is C13H21N3. The summed E-state index contributed by atoms with van der Waals surface area (Å²) in [6.07, 6.45) is 6.56. The molecule has 0 spiro atoms. The Kier molecular flexibility index (Phi) is 3.75. The smallest absolute Gasteiger partial charge is 0.134 e. The summed E-state index contributed by atoms with van der Waals surface area (Å²) < 4.78 is 0. The first-order chi connectivity index (χ1) is 7.79. The average molecular weight is 219 g/mol. The lowest BCUT2D eigenvalue weighted by Gasteiger charge is -2.21. The number of hydrogen-bond acceptors (Lipinski definition) is 3. The lowest BCUT2D eigenvalue weighted by Crippen LogP contribution is -2.11. The van der Waals surface area contributed by atoms with E-state index >= 15 is 0 Å². The molecule has 0 aromatic carbocycles. The fraction of sp³-hybridized carbons (Fsp3) is 0.692. The molecule has 16 heavy (non-hydrogen) atoms. The minimum absolute atomic E-state index is 0.589. The second-order valence-electron chi connectivity index (χ2n) is 4.62. The zero-order valence-corrected chi connectivity index (χ0v) is 10.3. The van der Waals surface area contributed by atoms with Crippen LogP contribution in [0.1, 0.15) is 56.5 Å². The zero-order valence-electron chi connectivity index (χ0n) is 10.3. The fourth-order valence-electron chi connectivity index (χ4n) is 2.41. The molecule has 0 unspecified atom stereocenters. The molecule has 0 atom stereocenters. The molecule has 0 amide bonds. The molecule has 1 heterocycles. The monoisotopic (exact) mass is 219 g/mol. The van der Waals surface area contributed by atoms with Gasteiger partial charge in [-0.2, -0.15) is 0 Å². The van der Waals surface area contributed by atoms with Crippen LogP contribution in [0.2, 0.25) is 0 Å². The van der Waals surface area contributed by atoms with Gasteiger partial charge in [0.05, 0.1) is 0 Å². The van der Waals surface area contributed by atoms with Gasteiger partial charge in [0.1, 0.15) is 11.6 Å².